The zero-order valence-electron chi connectivity index (χ0n) is 22.8. The normalized spacial score (nSPS) is 21.3. The molecule has 6 rings (SSSR count). The number of aromatic nitrogens is 2. The Kier molecular flexibility index (Phi) is 7.38. The molecule has 0 spiro atoms. The second kappa shape index (κ2) is 11.3. The zero-order valence-corrected chi connectivity index (χ0v) is 22.8. The van der Waals surface area contributed by atoms with Gasteiger partial charge in [0.05, 0.1) is 17.9 Å². The van der Waals surface area contributed by atoms with Crippen molar-refractivity contribution in [1.82, 2.24) is 25.5 Å². The molecular weight excluding hydrogens is 504 g/mol. The number of carbonyl (C=O) groups is 3. The minimum absolute atomic E-state index is 0.0392. The second-order valence-electron chi connectivity index (χ2n) is 11.2. The van der Waals surface area contributed by atoms with Crippen LogP contribution in [0.1, 0.15) is 57.3 Å². The van der Waals surface area contributed by atoms with Crippen LogP contribution in [0.4, 0.5) is 5.69 Å². The SMILES string of the molecule is C[C@@H](NC(=O)C1CC1)C(=O)N1CCC[C@H]1C(=O)Nc1ccc(-c2ccc(-c3cnc([C@@H]4CCCN4)[nH]3)cc2)cc1. The Morgan fingerprint density at radius 1 is 0.900 bits per heavy atom. The van der Waals surface area contributed by atoms with Gasteiger partial charge in [-0.05, 0) is 80.8 Å². The highest BCUT2D eigenvalue weighted by Gasteiger charge is 2.38. The molecule has 3 aliphatic rings. The molecule has 3 atom stereocenters. The number of imidazole rings is 1. The number of amides is 3. The summed E-state index contributed by atoms with van der Waals surface area (Å²) in [5.74, 6) is 0.567. The topological polar surface area (TPSA) is 119 Å². The highest BCUT2D eigenvalue weighted by molar-refractivity contribution is 5.99. The van der Waals surface area contributed by atoms with Gasteiger partial charge in [-0.2, -0.15) is 0 Å². The number of rotatable bonds is 8. The number of hydrogen-bond acceptors (Lipinski definition) is 5. The van der Waals surface area contributed by atoms with Gasteiger partial charge in [-0.3, -0.25) is 14.4 Å². The van der Waals surface area contributed by atoms with Crippen LogP contribution >= 0.6 is 0 Å². The number of likely N-dealkylation sites (tertiary alicyclic amines) is 1. The van der Waals surface area contributed by atoms with Crippen LogP contribution in [-0.4, -0.2) is 57.8 Å². The van der Waals surface area contributed by atoms with Crippen molar-refractivity contribution in [2.75, 3.05) is 18.4 Å². The van der Waals surface area contributed by atoms with E-state index in [0.717, 1.165) is 60.4 Å². The highest BCUT2D eigenvalue weighted by atomic mass is 16.2. The van der Waals surface area contributed by atoms with Gasteiger partial charge < -0.3 is 25.8 Å². The van der Waals surface area contributed by atoms with Crippen molar-refractivity contribution in [3.8, 4) is 22.4 Å². The van der Waals surface area contributed by atoms with E-state index in [-0.39, 0.29) is 23.6 Å². The van der Waals surface area contributed by atoms with Crippen molar-refractivity contribution in [1.29, 1.82) is 0 Å². The van der Waals surface area contributed by atoms with Gasteiger partial charge in [-0.15, -0.1) is 0 Å². The Morgan fingerprint density at radius 2 is 1.60 bits per heavy atom. The molecule has 1 aromatic heterocycles. The molecule has 2 saturated heterocycles. The Balaban J connectivity index is 1.06. The lowest BCUT2D eigenvalue weighted by Crippen LogP contribution is -2.51. The molecule has 0 bridgehead atoms. The standard InChI is InChI=1S/C31H36N6O3/c1-19(34-29(38)23-10-11-23)31(40)37-17-3-5-27(37)30(39)35-24-14-12-21(13-15-24)20-6-8-22(9-7-20)26-18-33-28(36-26)25-4-2-16-32-25/h6-9,12-15,18-19,23,25,27,32H,2-5,10-11,16-17H2,1H3,(H,33,36)(H,34,38)(H,35,39)/t19-,25+,27+/m1/s1. The largest absolute Gasteiger partial charge is 0.344 e. The maximum atomic E-state index is 13.1. The van der Waals surface area contributed by atoms with E-state index in [2.05, 4.69) is 50.2 Å². The summed E-state index contributed by atoms with van der Waals surface area (Å²) in [5.41, 5.74) is 4.90. The van der Waals surface area contributed by atoms with Crippen LogP contribution in [0.5, 0.6) is 0 Å². The molecule has 208 valence electrons. The van der Waals surface area contributed by atoms with Gasteiger partial charge in [-0.25, -0.2) is 4.98 Å². The summed E-state index contributed by atoms with van der Waals surface area (Å²) in [4.78, 5) is 47.8. The third kappa shape index (κ3) is 5.65. The monoisotopic (exact) mass is 540 g/mol. The molecule has 1 saturated carbocycles. The quantitative estimate of drug-likeness (QED) is 0.344. The van der Waals surface area contributed by atoms with E-state index in [1.807, 2.05) is 30.5 Å². The van der Waals surface area contributed by atoms with Crippen molar-refractivity contribution < 1.29 is 14.4 Å². The number of nitrogens with zero attached hydrogens (tertiary/aromatic N) is 2. The predicted octanol–water partition coefficient (Wildman–Crippen LogP) is 4.01. The van der Waals surface area contributed by atoms with Crippen molar-refractivity contribution in [2.24, 2.45) is 5.92 Å². The third-order valence-corrected chi connectivity index (χ3v) is 8.18. The molecule has 3 fully saturated rings. The molecule has 4 N–H and O–H groups in total. The van der Waals surface area contributed by atoms with Crippen molar-refractivity contribution in [2.45, 2.75) is 63.6 Å². The van der Waals surface area contributed by atoms with Crippen LogP contribution in [0.3, 0.4) is 0 Å². The molecule has 0 radical (unpaired) electrons. The predicted molar refractivity (Wildman–Crippen MR) is 153 cm³/mol. The van der Waals surface area contributed by atoms with Gasteiger partial charge in [0.2, 0.25) is 17.7 Å². The molecule has 3 amide bonds. The Hall–Kier alpha value is -3.98. The van der Waals surface area contributed by atoms with E-state index in [0.29, 0.717) is 24.7 Å². The highest BCUT2D eigenvalue weighted by Crippen LogP contribution is 2.30. The number of benzene rings is 2. The van der Waals surface area contributed by atoms with Crippen LogP contribution in [0.25, 0.3) is 22.4 Å². The summed E-state index contributed by atoms with van der Waals surface area (Å²) in [6.45, 7) is 3.26. The molecule has 9 heteroatoms. The van der Waals surface area contributed by atoms with Crippen molar-refractivity contribution in [3.05, 3.63) is 60.6 Å². The molecule has 1 aliphatic carbocycles. The summed E-state index contributed by atoms with van der Waals surface area (Å²) in [7, 11) is 0. The van der Waals surface area contributed by atoms with E-state index < -0.39 is 12.1 Å². The summed E-state index contributed by atoms with van der Waals surface area (Å²) in [6.07, 6.45) is 7.33. The molecule has 3 aromatic rings. The zero-order chi connectivity index (χ0) is 27.6. The molecule has 2 aromatic carbocycles. The fourth-order valence-electron chi connectivity index (χ4n) is 5.68. The summed E-state index contributed by atoms with van der Waals surface area (Å²) in [5, 5.41) is 9.25. The van der Waals surface area contributed by atoms with E-state index in [4.69, 9.17) is 0 Å². The molecule has 3 heterocycles. The first-order chi connectivity index (χ1) is 19.5. The molecule has 0 unspecified atom stereocenters. The lowest BCUT2D eigenvalue weighted by atomic mass is 10.0. The summed E-state index contributed by atoms with van der Waals surface area (Å²) in [6, 6.07) is 15.2. The average Bonchev–Trinajstić information content (AvgIpc) is 3.35. The Morgan fingerprint density at radius 3 is 2.27 bits per heavy atom. The van der Waals surface area contributed by atoms with E-state index in [9.17, 15) is 14.4 Å². The second-order valence-corrected chi connectivity index (χ2v) is 11.2. The van der Waals surface area contributed by atoms with Gasteiger partial charge in [0.25, 0.3) is 0 Å². The fraction of sp³-hybridized carbons (Fsp3) is 0.419. The number of anilines is 1. The van der Waals surface area contributed by atoms with Crippen molar-refractivity contribution >= 4 is 23.4 Å². The van der Waals surface area contributed by atoms with E-state index in [1.54, 1.807) is 11.8 Å². The minimum atomic E-state index is -0.633. The number of carbonyl (C=O) groups excluding carboxylic acids is 3. The fourth-order valence-corrected chi connectivity index (χ4v) is 5.68. The van der Waals surface area contributed by atoms with Gasteiger partial charge >= 0.3 is 0 Å². The molecular formula is C31H36N6O3. The van der Waals surface area contributed by atoms with Gasteiger partial charge in [-0.1, -0.05) is 36.4 Å². The van der Waals surface area contributed by atoms with E-state index >= 15 is 0 Å². The van der Waals surface area contributed by atoms with Gasteiger partial charge in [0, 0.05) is 18.2 Å². The number of H-pyrrole nitrogens is 1. The first-order valence-electron chi connectivity index (χ1n) is 14.4. The van der Waals surface area contributed by atoms with Crippen LogP contribution < -0.4 is 16.0 Å². The third-order valence-electron chi connectivity index (χ3n) is 8.18. The van der Waals surface area contributed by atoms with Gasteiger partial charge in [0.1, 0.15) is 17.9 Å². The Bertz CT molecular complexity index is 1370. The molecule has 40 heavy (non-hydrogen) atoms. The smallest absolute Gasteiger partial charge is 0.247 e. The summed E-state index contributed by atoms with van der Waals surface area (Å²) >= 11 is 0. The number of hydrogen-bond donors (Lipinski definition) is 4. The van der Waals surface area contributed by atoms with Crippen LogP contribution in [0.15, 0.2) is 54.7 Å². The minimum Gasteiger partial charge on any atom is -0.344 e. The maximum Gasteiger partial charge on any atom is 0.247 e. The number of aromatic amines is 1. The Labute approximate surface area is 234 Å². The molecule has 9 nitrogen and oxygen atoms in total. The maximum absolute atomic E-state index is 13.1. The van der Waals surface area contributed by atoms with Crippen LogP contribution in [0.2, 0.25) is 0 Å². The number of nitrogens with one attached hydrogen (secondary N) is 4. The first-order valence-corrected chi connectivity index (χ1v) is 14.4. The first kappa shape index (κ1) is 26.3. The van der Waals surface area contributed by atoms with E-state index in [1.165, 1.54) is 6.42 Å². The lowest BCUT2D eigenvalue weighted by molar-refractivity contribution is -0.139. The van der Waals surface area contributed by atoms with Gasteiger partial charge in [0.15, 0.2) is 0 Å². The molecule has 2 aliphatic heterocycles. The van der Waals surface area contributed by atoms with Crippen LogP contribution in [0, 0.1) is 5.92 Å². The average molecular weight is 541 g/mol. The van der Waals surface area contributed by atoms with Crippen molar-refractivity contribution in [3.63, 3.8) is 0 Å². The van der Waals surface area contributed by atoms with Crippen LogP contribution in [-0.2, 0) is 14.4 Å². The summed E-state index contributed by atoms with van der Waals surface area (Å²) < 4.78 is 0. The lowest BCUT2D eigenvalue weighted by Gasteiger charge is -2.27.